The molecule has 78 valence electrons. The Bertz CT molecular complexity index is 161. The molecule has 0 aromatic carbocycles. The first-order chi connectivity index (χ1) is 5.95. The molecule has 0 unspecified atom stereocenters. The summed E-state index contributed by atoms with van der Waals surface area (Å²) in [6, 6.07) is 0. The quantitative estimate of drug-likeness (QED) is 0.199. The van der Waals surface area contributed by atoms with Crippen molar-refractivity contribution in [1.29, 1.82) is 0 Å². The number of nitrogens with one attached hydrogen (secondary N) is 1. The first-order valence-electron chi connectivity index (χ1n) is 4.63. The van der Waals surface area contributed by atoms with Gasteiger partial charge in [-0.05, 0) is 24.9 Å². The number of hydrogen-bond acceptors (Lipinski definition) is 3. The molecule has 0 atom stereocenters. The highest BCUT2D eigenvalue weighted by atomic mass is 16.4. The second-order valence-corrected chi connectivity index (χ2v) is 4.43. The smallest absolute Gasteiger partial charge is 0.139 e. The lowest BCUT2D eigenvalue weighted by Gasteiger charge is -2.18. The maximum atomic E-state index is 8.26. The van der Waals surface area contributed by atoms with E-state index in [9.17, 15) is 0 Å². The predicted molar refractivity (Wildman–Crippen MR) is 55.0 cm³/mol. The van der Waals surface area contributed by atoms with E-state index in [-0.39, 0.29) is 0 Å². The number of hydrogen-bond donors (Lipinski definition) is 3. The van der Waals surface area contributed by atoms with Crippen molar-refractivity contribution in [2.45, 2.75) is 33.6 Å². The molecular formula is C9H21N3O. The van der Waals surface area contributed by atoms with Crippen molar-refractivity contribution in [3.63, 3.8) is 0 Å². The van der Waals surface area contributed by atoms with Gasteiger partial charge in [0.05, 0.1) is 0 Å². The Labute approximate surface area is 80.2 Å². The Morgan fingerprint density at radius 1 is 1.46 bits per heavy atom. The van der Waals surface area contributed by atoms with Crippen LogP contribution in [0, 0.1) is 5.41 Å². The van der Waals surface area contributed by atoms with Crippen LogP contribution in [-0.2, 0) is 0 Å². The summed E-state index contributed by atoms with van der Waals surface area (Å²) in [5.74, 6) is 0.303. The molecule has 0 heterocycles. The fourth-order valence-electron chi connectivity index (χ4n) is 0.908. The lowest BCUT2D eigenvalue weighted by Crippen LogP contribution is -2.28. The molecular weight excluding hydrogens is 166 g/mol. The molecule has 4 nitrogen and oxygen atoms in total. The largest absolute Gasteiger partial charge is 0.409 e. The van der Waals surface area contributed by atoms with Crippen molar-refractivity contribution in [3.05, 3.63) is 0 Å². The number of nitrogens with two attached hydrogens (primary N) is 1. The molecule has 0 aliphatic carbocycles. The van der Waals surface area contributed by atoms with Gasteiger partial charge >= 0.3 is 0 Å². The van der Waals surface area contributed by atoms with Crippen LogP contribution in [0.1, 0.15) is 33.6 Å². The summed E-state index contributed by atoms with van der Waals surface area (Å²) in [4.78, 5) is 0. The predicted octanol–water partition coefficient (Wildman–Crippen LogP) is 1.15. The minimum Gasteiger partial charge on any atom is -0.409 e. The van der Waals surface area contributed by atoms with Gasteiger partial charge in [-0.3, -0.25) is 0 Å². The number of rotatable bonds is 5. The summed E-state index contributed by atoms with van der Waals surface area (Å²) in [7, 11) is 0. The van der Waals surface area contributed by atoms with Gasteiger partial charge in [-0.15, -0.1) is 0 Å². The monoisotopic (exact) mass is 187 g/mol. The lowest BCUT2D eigenvalue weighted by molar-refractivity contribution is 0.316. The highest BCUT2D eigenvalue weighted by Gasteiger charge is 2.08. The first kappa shape index (κ1) is 12.2. The normalized spacial score (nSPS) is 13.3. The number of amidine groups is 1. The Hall–Kier alpha value is -0.770. The molecule has 13 heavy (non-hydrogen) atoms. The molecule has 4 N–H and O–H groups in total. The van der Waals surface area contributed by atoms with E-state index in [0.717, 1.165) is 19.5 Å². The van der Waals surface area contributed by atoms with Crippen molar-refractivity contribution < 1.29 is 5.21 Å². The van der Waals surface area contributed by atoms with Crippen LogP contribution >= 0.6 is 0 Å². The summed E-state index contributed by atoms with van der Waals surface area (Å²) in [6.45, 7) is 8.45. The van der Waals surface area contributed by atoms with Gasteiger partial charge in [-0.2, -0.15) is 0 Å². The molecule has 0 rings (SSSR count). The van der Waals surface area contributed by atoms with Gasteiger partial charge in [-0.1, -0.05) is 25.9 Å². The Balaban J connectivity index is 3.28. The van der Waals surface area contributed by atoms with Crippen molar-refractivity contribution >= 4 is 5.84 Å². The summed E-state index contributed by atoms with van der Waals surface area (Å²) in [5.41, 5.74) is 5.63. The van der Waals surface area contributed by atoms with Crippen LogP contribution < -0.4 is 11.1 Å². The zero-order valence-corrected chi connectivity index (χ0v) is 8.80. The van der Waals surface area contributed by atoms with E-state index in [1.807, 2.05) is 0 Å². The molecule has 0 fully saturated rings. The number of nitrogens with zero attached hydrogens (tertiary/aromatic N) is 1. The second kappa shape index (κ2) is 5.80. The van der Waals surface area contributed by atoms with Crippen LogP contribution in [0.15, 0.2) is 5.16 Å². The Kier molecular flexibility index (Phi) is 5.46. The van der Waals surface area contributed by atoms with Gasteiger partial charge in [0.2, 0.25) is 0 Å². The fourth-order valence-corrected chi connectivity index (χ4v) is 0.908. The van der Waals surface area contributed by atoms with E-state index in [0.29, 0.717) is 17.7 Å². The second-order valence-electron chi connectivity index (χ2n) is 4.43. The van der Waals surface area contributed by atoms with E-state index in [4.69, 9.17) is 10.9 Å². The third kappa shape index (κ3) is 9.14. The Morgan fingerprint density at radius 2 is 2.08 bits per heavy atom. The van der Waals surface area contributed by atoms with Crippen molar-refractivity contribution in [2.24, 2.45) is 16.3 Å². The molecule has 4 heteroatoms. The summed E-state index contributed by atoms with van der Waals surface area (Å²) >= 11 is 0. The average Bonchev–Trinajstić information content (AvgIpc) is 2.01. The van der Waals surface area contributed by atoms with Gasteiger partial charge < -0.3 is 16.3 Å². The zero-order valence-electron chi connectivity index (χ0n) is 8.80. The van der Waals surface area contributed by atoms with Crippen LogP contribution in [-0.4, -0.2) is 24.1 Å². The summed E-state index contributed by atoms with van der Waals surface area (Å²) in [5, 5.41) is 14.5. The van der Waals surface area contributed by atoms with Gasteiger partial charge in [0.1, 0.15) is 5.84 Å². The maximum absolute atomic E-state index is 8.26. The minimum absolute atomic E-state index is 0.303. The SMILES string of the molecule is CC(C)(C)CNCCCC(N)=NO. The highest BCUT2D eigenvalue weighted by Crippen LogP contribution is 2.09. The van der Waals surface area contributed by atoms with E-state index in [1.54, 1.807) is 0 Å². The van der Waals surface area contributed by atoms with E-state index in [2.05, 4.69) is 31.2 Å². The Morgan fingerprint density at radius 3 is 2.54 bits per heavy atom. The fraction of sp³-hybridized carbons (Fsp3) is 0.889. The molecule has 0 aliphatic heterocycles. The molecule has 0 radical (unpaired) electrons. The minimum atomic E-state index is 0.303. The molecule has 0 aliphatic rings. The molecule has 0 spiro atoms. The molecule has 0 saturated heterocycles. The van der Waals surface area contributed by atoms with Crippen molar-refractivity contribution in [1.82, 2.24) is 5.32 Å². The van der Waals surface area contributed by atoms with Crippen LogP contribution in [0.2, 0.25) is 0 Å². The van der Waals surface area contributed by atoms with Crippen LogP contribution in [0.4, 0.5) is 0 Å². The average molecular weight is 187 g/mol. The molecule has 0 bridgehead atoms. The van der Waals surface area contributed by atoms with Gasteiger partial charge in [0, 0.05) is 6.42 Å². The first-order valence-corrected chi connectivity index (χ1v) is 4.63. The zero-order chi connectivity index (χ0) is 10.3. The van der Waals surface area contributed by atoms with Crippen LogP contribution in [0.25, 0.3) is 0 Å². The lowest BCUT2D eigenvalue weighted by atomic mass is 9.97. The van der Waals surface area contributed by atoms with E-state index in [1.165, 1.54) is 0 Å². The molecule has 0 saturated carbocycles. The van der Waals surface area contributed by atoms with Crippen LogP contribution in [0.3, 0.4) is 0 Å². The standard InChI is InChI=1S/C9H21N3O/c1-9(2,3)7-11-6-4-5-8(10)12-13/h11,13H,4-7H2,1-3H3,(H2,10,12). The van der Waals surface area contributed by atoms with Gasteiger partial charge in [0.25, 0.3) is 0 Å². The molecule has 0 aromatic heterocycles. The maximum Gasteiger partial charge on any atom is 0.139 e. The third-order valence-electron chi connectivity index (χ3n) is 1.57. The van der Waals surface area contributed by atoms with Crippen LogP contribution in [0.5, 0.6) is 0 Å². The van der Waals surface area contributed by atoms with Gasteiger partial charge in [-0.25, -0.2) is 0 Å². The third-order valence-corrected chi connectivity index (χ3v) is 1.57. The van der Waals surface area contributed by atoms with E-state index < -0.39 is 0 Å². The summed E-state index contributed by atoms with van der Waals surface area (Å²) in [6.07, 6.45) is 1.56. The van der Waals surface area contributed by atoms with Gasteiger partial charge in [0.15, 0.2) is 0 Å². The molecule has 0 aromatic rings. The molecule has 0 amide bonds. The number of oxime groups is 1. The topological polar surface area (TPSA) is 70.6 Å². The van der Waals surface area contributed by atoms with Crippen molar-refractivity contribution in [3.8, 4) is 0 Å². The summed E-state index contributed by atoms with van der Waals surface area (Å²) < 4.78 is 0. The van der Waals surface area contributed by atoms with E-state index >= 15 is 0 Å². The highest BCUT2D eigenvalue weighted by molar-refractivity contribution is 5.79. The van der Waals surface area contributed by atoms with Crippen molar-refractivity contribution in [2.75, 3.05) is 13.1 Å².